The van der Waals surface area contributed by atoms with E-state index in [0.29, 0.717) is 19.5 Å². The molecule has 0 spiro atoms. The smallest absolute Gasteiger partial charge is 0.231 e. The molecular formula is C19H23NO4. The van der Waals surface area contributed by atoms with Crippen LogP contribution in [-0.4, -0.2) is 17.6 Å². The van der Waals surface area contributed by atoms with Crippen LogP contribution >= 0.6 is 0 Å². The van der Waals surface area contributed by atoms with Crippen LogP contribution in [0, 0.1) is 0 Å². The summed E-state index contributed by atoms with van der Waals surface area (Å²) in [6, 6.07) is 9.55. The number of amides is 1. The van der Waals surface area contributed by atoms with Crippen LogP contribution in [0.4, 0.5) is 0 Å². The van der Waals surface area contributed by atoms with Crippen LogP contribution in [0.5, 0.6) is 11.5 Å². The van der Waals surface area contributed by atoms with Crippen molar-refractivity contribution in [3.63, 3.8) is 0 Å². The lowest BCUT2D eigenvalue weighted by Crippen LogP contribution is -2.29. The average molecular weight is 329 g/mol. The molecular weight excluding hydrogens is 306 g/mol. The highest BCUT2D eigenvalue weighted by Gasteiger charge is 2.18. The van der Waals surface area contributed by atoms with Crippen molar-refractivity contribution in [2.75, 3.05) is 6.79 Å². The van der Waals surface area contributed by atoms with Gasteiger partial charge in [0.25, 0.3) is 0 Å². The van der Waals surface area contributed by atoms with Crippen molar-refractivity contribution < 1.29 is 18.7 Å². The predicted octanol–water partition coefficient (Wildman–Crippen LogP) is 4.12. The van der Waals surface area contributed by atoms with E-state index in [9.17, 15) is 4.79 Å². The van der Waals surface area contributed by atoms with E-state index in [2.05, 4.69) is 6.92 Å². The Labute approximate surface area is 142 Å². The third-order valence-corrected chi connectivity index (χ3v) is 4.08. The van der Waals surface area contributed by atoms with Crippen LogP contribution < -0.4 is 9.47 Å². The molecule has 1 aliphatic heterocycles. The average Bonchev–Trinajstić information content (AvgIpc) is 3.25. The molecule has 24 heavy (non-hydrogen) atoms. The lowest BCUT2D eigenvalue weighted by molar-refractivity contribution is -0.132. The topological polar surface area (TPSA) is 51.9 Å². The molecule has 0 saturated carbocycles. The largest absolute Gasteiger partial charge is 0.467 e. The first-order valence-electron chi connectivity index (χ1n) is 8.45. The molecule has 1 amide bonds. The SMILES string of the molecule is CCCCCC(=O)N(Cc1ccc2c(c1)OCO2)Cc1ccco1. The number of carbonyl (C=O) groups is 1. The summed E-state index contributed by atoms with van der Waals surface area (Å²) in [7, 11) is 0. The molecule has 0 bridgehead atoms. The molecule has 0 N–H and O–H groups in total. The Morgan fingerprint density at radius 3 is 2.79 bits per heavy atom. The first kappa shape index (κ1) is 16.4. The number of unbranched alkanes of at least 4 members (excludes halogenated alkanes) is 2. The predicted molar refractivity (Wildman–Crippen MR) is 89.7 cm³/mol. The van der Waals surface area contributed by atoms with Gasteiger partial charge in [-0.05, 0) is 36.2 Å². The zero-order valence-electron chi connectivity index (χ0n) is 14.0. The van der Waals surface area contributed by atoms with E-state index in [1.165, 1.54) is 0 Å². The van der Waals surface area contributed by atoms with Gasteiger partial charge < -0.3 is 18.8 Å². The minimum Gasteiger partial charge on any atom is -0.467 e. The number of ether oxygens (including phenoxy) is 2. The summed E-state index contributed by atoms with van der Waals surface area (Å²) >= 11 is 0. The van der Waals surface area contributed by atoms with Crippen LogP contribution in [0.2, 0.25) is 0 Å². The number of hydrogen-bond donors (Lipinski definition) is 0. The van der Waals surface area contributed by atoms with Gasteiger partial charge in [0.1, 0.15) is 5.76 Å². The van der Waals surface area contributed by atoms with E-state index in [1.807, 2.05) is 35.2 Å². The summed E-state index contributed by atoms with van der Waals surface area (Å²) in [4.78, 5) is 14.5. The standard InChI is InChI=1S/C19H23NO4/c1-2-3-4-7-19(21)20(13-16-6-5-10-22-16)12-15-8-9-17-18(11-15)24-14-23-17/h5-6,8-11H,2-4,7,12-14H2,1H3. The van der Waals surface area contributed by atoms with E-state index < -0.39 is 0 Å². The number of furan rings is 1. The summed E-state index contributed by atoms with van der Waals surface area (Å²) in [6.07, 6.45) is 5.30. The van der Waals surface area contributed by atoms with E-state index in [-0.39, 0.29) is 12.7 Å². The highest BCUT2D eigenvalue weighted by Crippen LogP contribution is 2.33. The summed E-state index contributed by atoms with van der Waals surface area (Å²) in [6.45, 7) is 3.40. The summed E-state index contributed by atoms with van der Waals surface area (Å²) < 4.78 is 16.2. The first-order valence-corrected chi connectivity index (χ1v) is 8.45. The van der Waals surface area contributed by atoms with Gasteiger partial charge in [0, 0.05) is 13.0 Å². The number of hydrogen-bond acceptors (Lipinski definition) is 4. The van der Waals surface area contributed by atoms with Gasteiger partial charge in [0.2, 0.25) is 12.7 Å². The van der Waals surface area contributed by atoms with Crippen molar-refractivity contribution >= 4 is 5.91 Å². The zero-order chi connectivity index (χ0) is 16.8. The number of rotatable bonds is 8. The minimum atomic E-state index is 0.150. The van der Waals surface area contributed by atoms with Gasteiger partial charge in [0.05, 0.1) is 12.8 Å². The normalized spacial score (nSPS) is 12.4. The molecule has 0 saturated heterocycles. The Hall–Kier alpha value is -2.43. The third-order valence-electron chi connectivity index (χ3n) is 4.08. The van der Waals surface area contributed by atoms with E-state index in [1.54, 1.807) is 6.26 Å². The fourth-order valence-corrected chi connectivity index (χ4v) is 2.77. The maximum atomic E-state index is 12.6. The van der Waals surface area contributed by atoms with Gasteiger partial charge in [0.15, 0.2) is 11.5 Å². The van der Waals surface area contributed by atoms with Gasteiger partial charge in [-0.1, -0.05) is 25.8 Å². The second-order valence-electron chi connectivity index (χ2n) is 5.97. The molecule has 3 rings (SSSR count). The summed E-state index contributed by atoms with van der Waals surface area (Å²) in [5, 5.41) is 0. The third kappa shape index (κ3) is 4.10. The summed E-state index contributed by atoms with van der Waals surface area (Å²) in [5.41, 5.74) is 1.02. The van der Waals surface area contributed by atoms with Crippen molar-refractivity contribution in [3.05, 3.63) is 47.9 Å². The molecule has 2 heterocycles. The molecule has 1 aromatic heterocycles. The van der Waals surface area contributed by atoms with Gasteiger partial charge in [-0.25, -0.2) is 0 Å². The maximum Gasteiger partial charge on any atom is 0.231 e. The molecule has 0 atom stereocenters. The van der Waals surface area contributed by atoms with Crippen molar-refractivity contribution in [3.8, 4) is 11.5 Å². The molecule has 5 heteroatoms. The Bertz CT molecular complexity index is 666. The van der Waals surface area contributed by atoms with Gasteiger partial charge in [-0.3, -0.25) is 4.79 Å². The lowest BCUT2D eigenvalue weighted by Gasteiger charge is -2.22. The van der Waals surface area contributed by atoms with Crippen molar-refractivity contribution in [2.24, 2.45) is 0 Å². The minimum absolute atomic E-state index is 0.150. The molecule has 0 fully saturated rings. The second kappa shape index (κ2) is 7.90. The van der Waals surface area contributed by atoms with Crippen molar-refractivity contribution in [1.82, 2.24) is 4.90 Å². The van der Waals surface area contributed by atoms with Crippen LogP contribution in [0.25, 0.3) is 0 Å². The quantitative estimate of drug-likeness (QED) is 0.684. The Kier molecular flexibility index (Phi) is 5.41. The van der Waals surface area contributed by atoms with E-state index >= 15 is 0 Å². The van der Waals surface area contributed by atoms with Crippen molar-refractivity contribution in [2.45, 2.75) is 45.7 Å². The van der Waals surface area contributed by atoms with E-state index in [0.717, 1.165) is 42.1 Å². The Balaban J connectivity index is 1.70. The Morgan fingerprint density at radius 1 is 1.12 bits per heavy atom. The number of benzene rings is 1. The highest BCUT2D eigenvalue weighted by molar-refractivity contribution is 5.76. The van der Waals surface area contributed by atoms with E-state index in [4.69, 9.17) is 13.9 Å². The molecule has 0 radical (unpaired) electrons. The van der Waals surface area contributed by atoms with Gasteiger partial charge >= 0.3 is 0 Å². The zero-order valence-corrected chi connectivity index (χ0v) is 14.0. The molecule has 0 aliphatic carbocycles. The maximum absolute atomic E-state index is 12.6. The van der Waals surface area contributed by atoms with Crippen molar-refractivity contribution in [1.29, 1.82) is 0 Å². The van der Waals surface area contributed by atoms with Crippen LogP contribution in [-0.2, 0) is 17.9 Å². The summed E-state index contributed by atoms with van der Waals surface area (Å²) in [5.74, 6) is 2.44. The fraction of sp³-hybridized carbons (Fsp3) is 0.421. The first-order chi connectivity index (χ1) is 11.8. The number of fused-ring (bicyclic) bond motifs is 1. The highest BCUT2D eigenvalue weighted by atomic mass is 16.7. The molecule has 128 valence electrons. The Morgan fingerprint density at radius 2 is 2.00 bits per heavy atom. The fourth-order valence-electron chi connectivity index (χ4n) is 2.77. The monoisotopic (exact) mass is 329 g/mol. The van der Waals surface area contributed by atoms with Gasteiger partial charge in [-0.2, -0.15) is 0 Å². The van der Waals surface area contributed by atoms with Crippen LogP contribution in [0.15, 0.2) is 41.0 Å². The molecule has 2 aromatic rings. The van der Waals surface area contributed by atoms with Gasteiger partial charge in [-0.15, -0.1) is 0 Å². The van der Waals surface area contributed by atoms with Crippen LogP contribution in [0.1, 0.15) is 43.9 Å². The molecule has 1 aliphatic rings. The van der Waals surface area contributed by atoms with Crippen LogP contribution in [0.3, 0.4) is 0 Å². The molecule has 1 aromatic carbocycles. The number of nitrogens with zero attached hydrogens (tertiary/aromatic N) is 1. The molecule has 5 nitrogen and oxygen atoms in total. The lowest BCUT2D eigenvalue weighted by atomic mass is 10.1. The second-order valence-corrected chi connectivity index (χ2v) is 5.97. The molecule has 0 unspecified atom stereocenters. The number of carbonyl (C=O) groups excluding carboxylic acids is 1.